The third kappa shape index (κ3) is 4.46. The Kier molecular flexibility index (Phi) is 6.60. The van der Waals surface area contributed by atoms with Crippen LogP contribution in [0.5, 0.6) is 5.75 Å². The van der Waals surface area contributed by atoms with Crippen LogP contribution in [0.25, 0.3) is 0 Å². The third-order valence-electron chi connectivity index (χ3n) is 6.63. The fourth-order valence-electron chi connectivity index (χ4n) is 4.67. The maximum Gasteiger partial charge on any atom is 0.306 e. The van der Waals surface area contributed by atoms with Gasteiger partial charge in [-0.25, -0.2) is 0 Å². The van der Waals surface area contributed by atoms with Gasteiger partial charge in [-0.3, -0.25) is 4.79 Å². The van der Waals surface area contributed by atoms with Crippen LogP contribution in [0, 0.1) is 11.8 Å². The fourth-order valence-corrected chi connectivity index (χ4v) is 4.67. The number of phenols is 1. The first kappa shape index (κ1) is 21.3. The molecule has 0 saturated carbocycles. The number of aliphatic hydroxyl groups excluding tert-OH is 1. The Hall–Kier alpha value is -2.37. The molecule has 3 rings (SSSR count). The van der Waals surface area contributed by atoms with Gasteiger partial charge >= 0.3 is 5.97 Å². The van der Waals surface area contributed by atoms with E-state index in [1.165, 1.54) is 7.11 Å². The van der Waals surface area contributed by atoms with Crippen LogP contribution < -0.4 is 0 Å². The molecule has 0 amide bonds. The molecule has 4 atom stereocenters. The van der Waals surface area contributed by atoms with Crippen molar-refractivity contribution in [3.05, 3.63) is 65.7 Å². The average Bonchev–Trinajstić information content (AvgIpc) is 2.74. The molecule has 29 heavy (non-hydrogen) atoms. The molecule has 1 fully saturated rings. The van der Waals surface area contributed by atoms with E-state index in [1.807, 2.05) is 48.5 Å². The smallest absolute Gasteiger partial charge is 0.306 e. The minimum absolute atomic E-state index is 0.104. The van der Waals surface area contributed by atoms with Gasteiger partial charge in [0.05, 0.1) is 19.6 Å². The number of aromatic hydroxyl groups is 1. The van der Waals surface area contributed by atoms with Crippen molar-refractivity contribution >= 4 is 5.97 Å². The van der Waals surface area contributed by atoms with E-state index in [4.69, 9.17) is 4.74 Å². The van der Waals surface area contributed by atoms with E-state index >= 15 is 0 Å². The molecular formula is C24H31NO4. The molecule has 1 saturated heterocycles. The molecule has 2 N–H and O–H groups in total. The Morgan fingerprint density at radius 2 is 1.93 bits per heavy atom. The van der Waals surface area contributed by atoms with Gasteiger partial charge in [-0.2, -0.15) is 0 Å². The highest BCUT2D eigenvalue weighted by Crippen LogP contribution is 2.48. The summed E-state index contributed by atoms with van der Waals surface area (Å²) in [6.45, 7) is 6.43. The van der Waals surface area contributed by atoms with Gasteiger partial charge in [-0.1, -0.05) is 56.3 Å². The highest BCUT2D eigenvalue weighted by molar-refractivity contribution is 5.69. The molecule has 2 aromatic rings. The van der Waals surface area contributed by atoms with Crippen LogP contribution in [0.2, 0.25) is 0 Å². The summed E-state index contributed by atoms with van der Waals surface area (Å²) >= 11 is 0. The molecule has 5 nitrogen and oxygen atoms in total. The predicted molar refractivity (Wildman–Crippen MR) is 113 cm³/mol. The normalized spacial score (nSPS) is 26.1. The number of rotatable bonds is 6. The van der Waals surface area contributed by atoms with Crippen molar-refractivity contribution in [2.24, 2.45) is 11.8 Å². The van der Waals surface area contributed by atoms with E-state index in [0.717, 1.165) is 17.7 Å². The Labute approximate surface area is 172 Å². The van der Waals surface area contributed by atoms with Gasteiger partial charge < -0.3 is 19.8 Å². The first-order valence-electron chi connectivity index (χ1n) is 10.2. The summed E-state index contributed by atoms with van der Waals surface area (Å²) in [4.78, 5) is 13.9. The lowest BCUT2D eigenvalue weighted by molar-refractivity contribution is -0.141. The Bertz CT molecular complexity index is 825. The second kappa shape index (κ2) is 8.97. The summed E-state index contributed by atoms with van der Waals surface area (Å²) in [5.41, 5.74) is 1.57. The van der Waals surface area contributed by atoms with Crippen LogP contribution >= 0.6 is 0 Å². The van der Waals surface area contributed by atoms with Crippen LogP contribution in [0.4, 0.5) is 0 Å². The standard InChI is InChI=1S/C24H31NO4/c1-17-15-25(13-12-22(27)29-3)16-21(23(28)18-8-5-4-6-9-18)24(17,2)19-10-7-11-20(26)14-19/h4-11,14,17,21,23,26,28H,12-13,15-16H2,1-3H3/t17?,21-,23+,24+/m1/s1. The predicted octanol–water partition coefficient (Wildman–Crippen LogP) is 3.51. The quantitative estimate of drug-likeness (QED) is 0.730. The zero-order valence-electron chi connectivity index (χ0n) is 17.4. The maximum atomic E-state index is 11.6. The Morgan fingerprint density at radius 3 is 2.59 bits per heavy atom. The molecule has 1 aliphatic heterocycles. The monoisotopic (exact) mass is 397 g/mol. The van der Waals surface area contributed by atoms with E-state index in [1.54, 1.807) is 6.07 Å². The van der Waals surface area contributed by atoms with Gasteiger partial charge in [0, 0.05) is 31.0 Å². The van der Waals surface area contributed by atoms with E-state index in [0.29, 0.717) is 19.5 Å². The van der Waals surface area contributed by atoms with Crippen LogP contribution in [-0.2, 0) is 14.9 Å². The number of aliphatic hydroxyl groups is 1. The molecule has 0 radical (unpaired) electrons. The Morgan fingerprint density at radius 1 is 1.21 bits per heavy atom. The molecule has 5 heteroatoms. The molecule has 156 valence electrons. The van der Waals surface area contributed by atoms with Crippen LogP contribution in [-0.4, -0.2) is 47.8 Å². The van der Waals surface area contributed by atoms with Crippen LogP contribution in [0.3, 0.4) is 0 Å². The van der Waals surface area contributed by atoms with Crippen molar-refractivity contribution in [2.75, 3.05) is 26.7 Å². The van der Waals surface area contributed by atoms with Gasteiger partial charge in [0.25, 0.3) is 0 Å². The number of hydrogen-bond acceptors (Lipinski definition) is 5. The lowest BCUT2D eigenvalue weighted by Gasteiger charge is -2.52. The maximum absolute atomic E-state index is 11.6. The highest BCUT2D eigenvalue weighted by Gasteiger charge is 2.48. The van der Waals surface area contributed by atoms with E-state index in [2.05, 4.69) is 18.7 Å². The van der Waals surface area contributed by atoms with Gasteiger partial charge in [0.2, 0.25) is 0 Å². The van der Waals surface area contributed by atoms with Crippen molar-refractivity contribution in [3.63, 3.8) is 0 Å². The van der Waals surface area contributed by atoms with Gasteiger partial charge in [0.1, 0.15) is 5.75 Å². The number of carbonyl (C=O) groups is 1. The number of carbonyl (C=O) groups excluding carboxylic acids is 1. The highest BCUT2D eigenvalue weighted by atomic mass is 16.5. The number of nitrogens with zero attached hydrogens (tertiary/aromatic N) is 1. The van der Waals surface area contributed by atoms with Gasteiger partial charge in [0.15, 0.2) is 0 Å². The molecule has 0 bridgehead atoms. The molecule has 1 aliphatic rings. The first-order valence-corrected chi connectivity index (χ1v) is 10.2. The number of phenolic OH excluding ortho intramolecular Hbond substituents is 1. The molecule has 0 spiro atoms. The number of piperidine rings is 1. The summed E-state index contributed by atoms with van der Waals surface area (Å²) < 4.78 is 4.79. The average molecular weight is 398 g/mol. The second-order valence-corrected chi connectivity index (χ2v) is 8.28. The van der Waals surface area contributed by atoms with Crippen LogP contribution in [0.15, 0.2) is 54.6 Å². The number of hydrogen-bond donors (Lipinski definition) is 2. The van der Waals surface area contributed by atoms with E-state index in [-0.39, 0.29) is 29.0 Å². The summed E-state index contributed by atoms with van der Waals surface area (Å²) in [5.74, 6) is 0.114. The number of benzene rings is 2. The van der Waals surface area contributed by atoms with Crippen molar-refractivity contribution in [2.45, 2.75) is 31.8 Å². The summed E-state index contributed by atoms with van der Waals surface area (Å²) in [7, 11) is 1.40. The largest absolute Gasteiger partial charge is 0.508 e. The third-order valence-corrected chi connectivity index (χ3v) is 6.63. The van der Waals surface area contributed by atoms with Crippen molar-refractivity contribution in [1.82, 2.24) is 4.90 Å². The topological polar surface area (TPSA) is 70.0 Å². The summed E-state index contributed by atoms with van der Waals surface area (Å²) in [6, 6.07) is 17.1. The molecular weight excluding hydrogens is 366 g/mol. The van der Waals surface area contributed by atoms with Gasteiger partial charge in [-0.15, -0.1) is 0 Å². The molecule has 0 aromatic heterocycles. The van der Waals surface area contributed by atoms with E-state index in [9.17, 15) is 15.0 Å². The first-order chi connectivity index (χ1) is 13.9. The van der Waals surface area contributed by atoms with Crippen molar-refractivity contribution < 1.29 is 19.7 Å². The number of likely N-dealkylation sites (tertiary alicyclic amines) is 1. The van der Waals surface area contributed by atoms with E-state index < -0.39 is 6.10 Å². The molecule has 1 unspecified atom stereocenters. The van der Waals surface area contributed by atoms with Crippen molar-refractivity contribution in [1.29, 1.82) is 0 Å². The lowest BCUT2D eigenvalue weighted by atomic mass is 9.59. The Balaban J connectivity index is 1.96. The zero-order chi connectivity index (χ0) is 21.0. The number of esters is 1. The SMILES string of the molecule is COC(=O)CCN1CC(C)[C@@](C)(c2cccc(O)c2)[C@@H]([C@@H](O)c2ccccc2)C1. The van der Waals surface area contributed by atoms with Crippen LogP contribution in [0.1, 0.15) is 37.5 Å². The minimum atomic E-state index is -0.660. The molecule has 1 heterocycles. The fraction of sp³-hybridized carbons (Fsp3) is 0.458. The summed E-state index contributed by atoms with van der Waals surface area (Å²) in [5, 5.41) is 21.5. The molecule has 0 aliphatic carbocycles. The number of ether oxygens (including phenoxy) is 1. The molecule has 2 aromatic carbocycles. The zero-order valence-corrected chi connectivity index (χ0v) is 17.4. The minimum Gasteiger partial charge on any atom is -0.508 e. The summed E-state index contributed by atoms with van der Waals surface area (Å²) in [6.07, 6.45) is -0.327. The second-order valence-electron chi connectivity index (χ2n) is 8.28. The van der Waals surface area contributed by atoms with Crippen molar-refractivity contribution in [3.8, 4) is 5.75 Å². The number of methoxy groups -OCH3 is 1. The lowest BCUT2D eigenvalue weighted by Crippen LogP contribution is -2.55. The van der Waals surface area contributed by atoms with Gasteiger partial charge in [-0.05, 0) is 29.2 Å².